The zero-order valence-corrected chi connectivity index (χ0v) is 17.5. The number of furan rings is 1. The summed E-state index contributed by atoms with van der Waals surface area (Å²) < 4.78 is 6.16. The Hall–Kier alpha value is -2.45. The first-order valence-electron chi connectivity index (χ1n) is 8.82. The van der Waals surface area contributed by atoms with Gasteiger partial charge in [0.2, 0.25) is 5.91 Å². The fourth-order valence-electron chi connectivity index (χ4n) is 3.09. The van der Waals surface area contributed by atoms with Crippen LogP contribution in [0.5, 0.6) is 0 Å². The Morgan fingerprint density at radius 1 is 1.25 bits per heavy atom. The van der Waals surface area contributed by atoms with E-state index in [-0.39, 0.29) is 23.8 Å². The number of carbonyl (C=O) groups is 2. The Kier molecular flexibility index (Phi) is 5.07. The van der Waals surface area contributed by atoms with Crippen LogP contribution < -0.4 is 10.6 Å². The van der Waals surface area contributed by atoms with Gasteiger partial charge in [0.15, 0.2) is 5.13 Å². The Morgan fingerprint density at radius 2 is 2.00 bits per heavy atom. The molecule has 0 unspecified atom stereocenters. The third kappa shape index (κ3) is 4.02. The third-order valence-corrected chi connectivity index (χ3v) is 6.08. The largest absolute Gasteiger partial charge is 0.469 e. The van der Waals surface area contributed by atoms with Gasteiger partial charge in [-0.3, -0.25) is 14.9 Å². The standard InChI is InChI=1S/C20H18BrN3O3S/c1-12-16(6-9-27-12)18(26)23-19-22-15(11-28-19)10-17(25)24-20(7-8-20)13-2-4-14(21)5-3-13/h2-6,9,11H,7-8,10H2,1H3,(H,24,25)(H,22,23,26). The quantitative estimate of drug-likeness (QED) is 0.571. The fourth-order valence-corrected chi connectivity index (χ4v) is 4.06. The van der Waals surface area contributed by atoms with E-state index in [0.717, 1.165) is 22.9 Å². The van der Waals surface area contributed by atoms with E-state index in [1.54, 1.807) is 18.4 Å². The van der Waals surface area contributed by atoms with Crippen molar-refractivity contribution < 1.29 is 14.0 Å². The number of amides is 2. The van der Waals surface area contributed by atoms with Crippen LogP contribution in [0.1, 0.15) is 40.2 Å². The van der Waals surface area contributed by atoms with Gasteiger partial charge in [0.05, 0.1) is 29.5 Å². The highest BCUT2D eigenvalue weighted by atomic mass is 79.9. The molecule has 2 amide bonds. The van der Waals surface area contributed by atoms with Crippen molar-refractivity contribution in [2.75, 3.05) is 5.32 Å². The minimum Gasteiger partial charge on any atom is -0.469 e. The summed E-state index contributed by atoms with van der Waals surface area (Å²) in [5, 5.41) is 8.13. The van der Waals surface area contributed by atoms with Crippen molar-refractivity contribution in [1.29, 1.82) is 0 Å². The third-order valence-electron chi connectivity index (χ3n) is 4.74. The first-order chi connectivity index (χ1) is 13.4. The van der Waals surface area contributed by atoms with Gasteiger partial charge < -0.3 is 9.73 Å². The molecule has 2 aromatic heterocycles. The molecule has 1 aromatic carbocycles. The van der Waals surface area contributed by atoms with E-state index in [0.29, 0.717) is 22.1 Å². The lowest BCUT2D eigenvalue weighted by molar-refractivity contribution is -0.121. The molecule has 0 spiro atoms. The molecule has 0 saturated heterocycles. The molecule has 6 nitrogen and oxygen atoms in total. The van der Waals surface area contributed by atoms with Crippen LogP contribution in [0.2, 0.25) is 0 Å². The van der Waals surface area contributed by atoms with Gasteiger partial charge in [0.25, 0.3) is 5.91 Å². The van der Waals surface area contributed by atoms with Crippen LogP contribution >= 0.6 is 27.3 Å². The first-order valence-corrected chi connectivity index (χ1v) is 10.5. The molecule has 1 aliphatic rings. The Bertz CT molecular complexity index is 1020. The molecule has 8 heteroatoms. The Labute approximate surface area is 174 Å². The van der Waals surface area contributed by atoms with Crippen LogP contribution in [0.3, 0.4) is 0 Å². The maximum atomic E-state index is 12.5. The van der Waals surface area contributed by atoms with Gasteiger partial charge >= 0.3 is 0 Å². The second-order valence-corrected chi connectivity index (χ2v) is 8.58. The highest BCUT2D eigenvalue weighted by Crippen LogP contribution is 2.45. The van der Waals surface area contributed by atoms with Gasteiger partial charge in [-0.25, -0.2) is 4.98 Å². The average Bonchev–Trinajstić information content (AvgIpc) is 3.07. The molecule has 4 rings (SSSR count). The number of thiazole rings is 1. The van der Waals surface area contributed by atoms with E-state index in [9.17, 15) is 9.59 Å². The van der Waals surface area contributed by atoms with E-state index in [4.69, 9.17) is 4.42 Å². The molecular formula is C20H18BrN3O3S. The fraction of sp³-hybridized carbons (Fsp3) is 0.250. The van der Waals surface area contributed by atoms with Crippen molar-refractivity contribution in [3.63, 3.8) is 0 Å². The predicted molar refractivity (Wildman–Crippen MR) is 110 cm³/mol. The second kappa shape index (κ2) is 7.52. The number of nitrogens with zero attached hydrogens (tertiary/aromatic N) is 1. The van der Waals surface area contributed by atoms with Crippen molar-refractivity contribution in [2.24, 2.45) is 0 Å². The molecule has 1 saturated carbocycles. The van der Waals surface area contributed by atoms with Crippen LogP contribution in [0, 0.1) is 6.92 Å². The molecule has 2 heterocycles. The van der Waals surface area contributed by atoms with Gasteiger partial charge in [-0.1, -0.05) is 28.1 Å². The smallest absolute Gasteiger partial charge is 0.260 e. The van der Waals surface area contributed by atoms with E-state index in [2.05, 4.69) is 31.5 Å². The summed E-state index contributed by atoms with van der Waals surface area (Å²) in [6, 6.07) is 9.65. The number of rotatable bonds is 6. The summed E-state index contributed by atoms with van der Waals surface area (Å²) in [6.07, 6.45) is 3.52. The van der Waals surface area contributed by atoms with E-state index in [1.165, 1.54) is 17.6 Å². The number of hydrogen-bond acceptors (Lipinski definition) is 5. The molecular weight excluding hydrogens is 442 g/mol. The van der Waals surface area contributed by atoms with Crippen LogP contribution in [0.4, 0.5) is 5.13 Å². The molecule has 2 N–H and O–H groups in total. The van der Waals surface area contributed by atoms with Gasteiger partial charge in [0, 0.05) is 9.85 Å². The number of carbonyl (C=O) groups excluding carboxylic acids is 2. The zero-order chi connectivity index (χ0) is 19.7. The number of halogens is 1. The molecule has 0 atom stereocenters. The normalized spacial score (nSPS) is 14.5. The summed E-state index contributed by atoms with van der Waals surface area (Å²) in [4.78, 5) is 29.1. The van der Waals surface area contributed by atoms with Crippen molar-refractivity contribution in [2.45, 2.75) is 31.7 Å². The second-order valence-electron chi connectivity index (χ2n) is 6.80. The van der Waals surface area contributed by atoms with E-state index in [1.807, 2.05) is 24.3 Å². The molecule has 3 aromatic rings. The van der Waals surface area contributed by atoms with Gasteiger partial charge in [-0.2, -0.15) is 0 Å². The highest BCUT2D eigenvalue weighted by molar-refractivity contribution is 9.10. The average molecular weight is 460 g/mol. The predicted octanol–water partition coefficient (Wildman–Crippen LogP) is 4.41. The summed E-state index contributed by atoms with van der Waals surface area (Å²) in [7, 11) is 0. The lowest BCUT2D eigenvalue weighted by Crippen LogP contribution is -2.35. The number of hydrogen-bond donors (Lipinski definition) is 2. The minimum atomic E-state index is -0.274. The lowest BCUT2D eigenvalue weighted by Gasteiger charge is -2.17. The molecule has 28 heavy (non-hydrogen) atoms. The van der Waals surface area contributed by atoms with Crippen LogP contribution in [-0.4, -0.2) is 16.8 Å². The first kappa shape index (κ1) is 18.9. The van der Waals surface area contributed by atoms with Crippen molar-refractivity contribution in [3.8, 4) is 0 Å². The number of anilines is 1. The molecule has 0 aliphatic heterocycles. The van der Waals surface area contributed by atoms with Gasteiger partial charge in [0.1, 0.15) is 5.76 Å². The van der Waals surface area contributed by atoms with Crippen LogP contribution in [0.25, 0.3) is 0 Å². The van der Waals surface area contributed by atoms with Crippen LogP contribution in [-0.2, 0) is 16.8 Å². The molecule has 0 bridgehead atoms. The summed E-state index contributed by atoms with van der Waals surface area (Å²) in [5.41, 5.74) is 1.96. The summed E-state index contributed by atoms with van der Waals surface area (Å²) in [6.45, 7) is 1.73. The number of aromatic nitrogens is 1. The van der Waals surface area contributed by atoms with Gasteiger partial charge in [-0.15, -0.1) is 11.3 Å². The van der Waals surface area contributed by atoms with Crippen molar-refractivity contribution in [3.05, 3.63) is 69.0 Å². The molecule has 1 aliphatic carbocycles. The number of aryl methyl sites for hydroxylation is 1. The Morgan fingerprint density at radius 3 is 2.64 bits per heavy atom. The maximum Gasteiger partial charge on any atom is 0.260 e. The maximum absolute atomic E-state index is 12.5. The molecule has 0 radical (unpaired) electrons. The van der Waals surface area contributed by atoms with E-state index < -0.39 is 0 Å². The Balaban J connectivity index is 1.36. The molecule has 144 valence electrons. The number of benzene rings is 1. The zero-order valence-electron chi connectivity index (χ0n) is 15.1. The highest BCUT2D eigenvalue weighted by Gasteiger charge is 2.45. The van der Waals surface area contributed by atoms with E-state index >= 15 is 0 Å². The van der Waals surface area contributed by atoms with Crippen molar-refractivity contribution >= 4 is 44.2 Å². The minimum absolute atomic E-state index is 0.0747. The summed E-state index contributed by atoms with van der Waals surface area (Å²) in [5.74, 6) is 0.203. The lowest BCUT2D eigenvalue weighted by atomic mass is 10.0. The van der Waals surface area contributed by atoms with Crippen molar-refractivity contribution in [1.82, 2.24) is 10.3 Å². The van der Waals surface area contributed by atoms with Crippen LogP contribution in [0.15, 0.2) is 50.9 Å². The monoisotopic (exact) mass is 459 g/mol. The molecule has 1 fully saturated rings. The van der Waals surface area contributed by atoms with Gasteiger partial charge in [-0.05, 0) is 43.5 Å². The number of nitrogens with one attached hydrogen (secondary N) is 2. The topological polar surface area (TPSA) is 84.2 Å². The SMILES string of the molecule is Cc1occc1C(=O)Nc1nc(CC(=O)NC2(c3ccc(Br)cc3)CC2)cs1. The summed E-state index contributed by atoms with van der Waals surface area (Å²) >= 11 is 4.73.